The third-order valence-corrected chi connectivity index (χ3v) is 4.03. The molecule has 1 saturated heterocycles. The molecule has 27 heavy (non-hydrogen) atoms. The first-order chi connectivity index (χ1) is 12.4. The molecule has 0 bridgehead atoms. The number of alkyl halides is 3. The smallest absolute Gasteiger partial charge is 0.416 e. The van der Waals surface area contributed by atoms with Crippen molar-refractivity contribution in [2.24, 2.45) is 0 Å². The number of benzene rings is 1. The Labute approximate surface area is 155 Å². The van der Waals surface area contributed by atoms with Crippen LogP contribution in [0.25, 0.3) is 0 Å². The second-order valence-corrected chi connectivity index (χ2v) is 7.20. The highest BCUT2D eigenvalue weighted by atomic mass is 19.4. The van der Waals surface area contributed by atoms with Crippen molar-refractivity contribution in [2.45, 2.75) is 38.6 Å². The molecule has 0 N–H and O–H groups in total. The number of ether oxygens (including phenoxy) is 2. The number of nitrogens with zero attached hydrogens (tertiary/aromatic N) is 2. The number of carbonyl (C=O) groups excluding carboxylic acids is 2. The van der Waals surface area contributed by atoms with Gasteiger partial charge in [-0.3, -0.25) is 0 Å². The molecule has 1 amide bonds. The first-order valence-electron chi connectivity index (χ1n) is 8.42. The minimum Gasteiger partial charge on any atom is -0.467 e. The van der Waals surface area contributed by atoms with Gasteiger partial charge in [0.15, 0.2) is 0 Å². The highest BCUT2D eigenvalue weighted by Gasteiger charge is 2.37. The van der Waals surface area contributed by atoms with Crippen molar-refractivity contribution in [3.63, 3.8) is 0 Å². The van der Waals surface area contributed by atoms with Crippen molar-refractivity contribution in [1.29, 1.82) is 0 Å². The fraction of sp³-hybridized carbons (Fsp3) is 0.556. The van der Waals surface area contributed by atoms with Crippen LogP contribution in [0.4, 0.5) is 23.7 Å². The topological polar surface area (TPSA) is 59.1 Å². The van der Waals surface area contributed by atoms with E-state index in [1.165, 1.54) is 24.1 Å². The normalized spacial score (nSPS) is 18.3. The molecule has 0 unspecified atom stereocenters. The van der Waals surface area contributed by atoms with E-state index in [9.17, 15) is 22.8 Å². The molecule has 0 aliphatic carbocycles. The van der Waals surface area contributed by atoms with Crippen molar-refractivity contribution in [2.75, 3.05) is 31.6 Å². The molecule has 1 aliphatic heterocycles. The number of piperazine rings is 1. The van der Waals surface area contributed by atoms with Gasteiger partial charge >= 0.3 is 18.2 Å². The molecule has 0 radical (unpaired) electrons. The summed E-state index contributed by atoms with van der Waals surface area (Å²) in [5.41, 5.74) is -1.00. The zero-order valence-corrected chi connectivity index (χ0v) is 15.7. The molecule has 1 aliphatic rings. The molecule has 2 rings (SSSR count). The van der Waals surface area contributed by atoms with Crippen LogP contribution < -0.4 is 4.90 Å². The third-order valence-electron chi connectivity index (χ3n) is 4.03. The van der Waals surface area contributed by atoms with Gasteiger partial charge in [-0.1, -0.05) is 0 Å². The van der Waals surface area contributed by atoms with Gasteiger partial charge in [0, 0.05) is 18.8 Å². The van der Waals surface area contributed by atoms with Gasteiger partial charge in [-0.2, -0.15) is 13.2 Å². The SMILES string of the molecule is COC(=O)[C@H]1CN(C(=O)OC(C)(C)C)CCN1c1ccc(C(F)(F)F)cc1. The predicted molar refractivity (Wildman–Crippen MR) is 92.4 cm³/mol. The molecule has 0 aromatic heterocycles. The maximum atomic E-state index is 12.8. The van der Waals surface area contributed by atoms with Crippen LogP contribution in [0, 0.1) is 0 Å². The van der Waals surface area contributed by atoms with E-state index in [-0.39, 0.29) is 19.6 Å². The quantitative estimate of drug-likeness (QED) is 0.728. The van der Waals surface area contributed by atoms with Crippen LogP contribution in [0.15, 0.2) is 24.3 Å². The Hall–Kier alpha value is -2.45. The van der Waals surface area contributed by atoms with Gasteiger partial charge in [-0.25, -0.2) is 9.59 Å². The number of amides is 1. The van der Waals surface area contributed by atoms with Crippen LogP contribution in [-0.2, 0) is 20.4 Å². The number of hydrogen-bond acceptors (Lipinski definition) is 5. The molecular formula is C18H23F3N2O4. The van der Waals surface area contributed by atoms with E-state index < -0.39 is 35.4 Å². The van der Waals surface area contributed by atoms with Crippen LogP contribution in [0.2, 0.25) is 0 Å². The summed E-state index contributed by atoms with van der Waals surface area (Å²) in [6.07, 6.45) is -4.99. The highest BCUT2D eigenvalue weighted by molar-refractivity contribution is 5.82. The van der Waals surface area contributed by atoms with Gasteiger partial charge in [0.05, 0.1) is 19.2 Å². The van der Waals surface area contributed by atoms with Crippen molar-refractivity contribution >= 4 is 17.7 Å². The van der Waals surface area contributed by atoms with Crippen LogP contribution in [0.1, 0.15) is 26.3 Å². The van der Waals surface area contributed by atoms with Gasteiger partial charge in [0.2, 0.25) is 0 Å². The molecule has 1 aromatic rings. The standard InChI is InChI=1S/C18H23F3N2O4/c1-17(2,3)27-16(25)22-9-10-23(14(11-22)15(24)26-4)13-7-5-12(6-8-13)18(19,20)21/h5-8,14H,9-11H2,1-4H3/t14-/m1/s1. The van der Waals surface area contributed by atoms with Gasteiger partial charge in [-0.15, -0.1) is 0 Å². The lowest BCUT2D eigenvalue weighted by Gasteiger charge is -2.41. The van der Waals surface area contributed by atoms with E-state index >= 15 is 0 Å². The van der Waals surface area contributed by atoms with Gasteiger partial charge in [0.25, 0.3) is 0 Å². The summed E-state index contributed by atoms with van der Waals surface area (Å²) in [6, 6.07) is 3.70. The maximum Gasteiger partial charge on any atom is 0.416 e. The number of hydrogen-bond donors (Lipinski definition) is 0. The zero-order valence-electron chi connectivity index (χ0n) is 15.7. The largest absolute Gasteiger partial charge is 0.467 e. The lowest BCUT2D eigenvalue weighted by molar-refractivity contribution is -0.143. The van der Waals surface area contributed by atoms with Crippen molar-refractivity contribution in [3.8, 4) is 0 Å². The average Bonchev–Trinajstić information content (AvgIpc) is 2.58. The summed E-state index contributed by atoms with van der Waals surface area (Å²) >= 11 is 0. The fourth-order valence-corrected chi connectivity index (χ4v) is 2.76. The molecule has 1 fully saturated rings. The number of carbonyl (C=O) groups is 2. The molecule has 150 valence electrons. The van der Waals surface area contributed by atoms with Crippen molar-refractivity contribution in [1.82, 2.24) is 4.90 Å². The summed E-state index contributed by atoms with van der Waals surface area (Å²) < 4.78 is 48.4. The summed E-state index contributed by atoms with van der Waals surface area (Å²) in [5.74, 6) is -0.580. The number of esters is 1. The van der Waals surface area contributed by atoms with E-state index in [0.717, 1.165) is 12.1 Å². The molecule has 0 saturated carbocycles. The third kappa shape index (κ3) is 5.27. The summed E-state index contributed by atoms with van der Waals surface area (Å²) in [7, 11) is 1.22. The summed E-state index contributed by atoms with van der Waals surface area (Å²) in [6.45, 7) is 5.75. The van der Waals surface area contributed by atoms with Gasteiger partial charge in [0.1, 0.15) is 11.6 Å². The fourth-order valence-electron chi connectivity index (χ4n) is 2.76. The second-order valence-electron chi connectivity index (χ2n) is 7.20. The predicted octanol–water partition coefficient (Wildman–Crippen LogP) is 3.30. The van der Waals surface area contributed by atoms with Crippen LogP contribution in [0.5, 0.6) is 0 Å². The van der Waals surface area contributed by atoms with E-state index in [1.54, 1.807) is 25.7 Å². The maximum absolute atomic E-state index is 12.8. The minimum atomic E-state index is -4.43. The van der Waals surface area contributed by atoms with Gasteiger partial charge in [-0.05, 0) is 45.0 Å². The molecule has 0 spiro atoms. The number of anilines is 1. The number of halogens is 3. The number of methoxy groups -OCH3 is 1. The van der Waals surface area contributed by atoms with E-state index in [0.29, 0.717) is 5.69 Å². The zero-order chi connectivity index (χ0) is 20.4. The lowest BCUT2D eigenvalue weighted by atomic mass is 10.1. The molecule has 1 atom stereocenters. The Morgan fingerprint density at radius 1 is 1.07 bits per heavy atom. The van der Waals surface area contributed by atoms with E-state index in [4.69, 9.17) is 9.47 Å². The first-order valence-corrected chi connectivity index (χ1v) is 8.42. The van der Waals surface area contributed by atoms with Crippen LogP contribution >= 0.6 is 0 Å². The Morgan fingerprint density at radius 3 is 2.15 bits per heavy atom. The summed E-state index contributed by atoms with van der Waals surface area (Å²) in [5, 5.41) is 0. The Balaban J connectivity index is 2.20. The monoisotopic (exact) mass is 388 g/mol. The molecule has 6 nitrogen and oxygen atoms in total. The molecule has 1 aromatic carbocycles. The van der Waals surface area contributed by atoms with E-state index in [2.05, 4.69) is 0 Å². The Morgan fingerprint density at radius 2 is 1.67 bits per heavy atom. The molecule has 1 heterocycles. The lowest BCUT2D eigenvalue weighted by Crippen LogP contribution is -2.58. The number of rotatable bonds is 2. The highest BCUT2D eigenvalue weighted by Crippen LogP contribution is 2.31. The van der Waals surface area contributed by atoms with Gasteiger partial charge < -0.3 is 19.3 Å². The second kappa shape index (κ2) is 7.66. The molecule has 9 heteroatoms. The van der Waals surface area contributed by atoms with E-state index in [1.807, 2.05) is 0 Å². The first kappa shape index (κ1) is 20.9. The Bertz CT molecular complexity index is 683. The Kier molecular flexibility index (Phi) is 5.91. The van der Waals surface area contributed by atoms with Crippen LogP contribution in [0.3, 0.4) is 0 Å². The van der Waals surface area contributed by atoms with Crippen LogP contribution in [-0.4, -0.2) is 55.3 Å². The minimum absolute atomic E-state index is 0.0165. The van der Waals surface area contributed by atoms with Crippen molar-refractivity contribution < 1.29 is 32.2 Å². The average molecular weight is 388 g/mol. The summed E-state index contributed by atoms with van der Waals surface area (Å²) in [4.78, 5) is 27.5. The van der Waals surface area contributed by atoms with Crippen molar-refractivity contribution in [3.05, 3.63) is 29.8 Å². The molecular weight excluding hydrogens is 365 g/mol.